The Morgan fingerprint density at radius 2 is 2.16 bits per heavy atom. The lowest BCUT2D eigenvalue weighted by atomic mass is 9.98. The highest BCUT2D eigenvalue weighted by Gasteiger charge is 2.18. The third-order valence-electron chi connectivity index (χ3n) is 4.30. The van der Waals surface area contributed by atoms with E-state index in [9.17, 15) is 0 Å². The molecule has 0 bridgehead atoms. The highest BCUT2D eigenvalue weighted by molar-refractivity contribution is 7.98. The first-order valence-corrected chi connectivity index (χ1v) is 8.63. The van der Waals surface area contributed by atoms with Crippen LogP contribution in [0.4, 0.5) is 5.69 Å². The first kappa shape index (κ1) is 14.7. The molecule has 2 N–H and O–H groups in total. The van der Waals surface area contributed by atoms with Gasteiger partial charge < -0.3 is 10.6 Å². The van der Waals surface area contributed by atoms with Crippen LogP contribution in [0.15, 0.2) is 23.1 Å². The van der Waals surface area contributed by atoms with Crippen molar-refractivity contribution in [1.29, 1.82) is 0 Å². The van der Waals surface area contributed by atoms with Gasteiger partial charge in [-0.05, 0) is 43.6 Å². The van der Waals surface area contributed by atoms with Crippen molar-refractivity contribution in [1.82, 2.24) is 0 Å². The molecule has 0 saturated carbocycles. The molecule has 1 heterocycles. The van der Waals surface area contributed by atoms with Crippen molar-refractivity contribution < 1.29 is 0 Å². The molecule has 2 nitrogen and oxygen atoms in total. The van der Waals surface area contributed by atoms with Gasteiger partial charge in [-0.15, -0.1) is 11.8 Å². The molecule has 1 fully saturated rings. The van der Waals surface area contributed by atoms with Crippen LogP contribution < -0.4 is 10.6 Å². The summed E-state index contributed by atoms with van der Waals surface area (Å²) in [6, 6.07) is 6.60. The Balaban J connectivity index is 2.21. The molecule has 0 radical (unpaired) electrons. The minimum absolute atomic E-state index is 0.639. The summed E-state index contributed by atoms with van der Waals surface area (Å²) in [6.45, 7) is 5.32. The number of thioether (sulfide) groups is 1. The molecule has 19 heavy (non-hydrogen) atoms. The van der Waals surface area contributed by atoms with Crippen LogP contribution in [0.1, 0.15) is 38.2 Å². The van der Waals surface area contributed by atoms with Gasteiger partial charge in [-0.2, -0.15) is 0 Å². The predicted molar refractivity (Wildman–Crippen MR) is 86.0 cm³/mol. The number of hydrogen-bond acceptors (Lipinski definition) is 3. The molecule has 1 aromatic rings. The van der Waals surface area contributed by atoms with Crippen molar-refractivity contribution in [3.8, 4) is 0 Å². The highest BCUT2D eigenvalue weighted by Crippen LogP contribution is 2.31. The maximum atomic E-state index is 5.99. The summed E-state index contributed by atoms with van der Waals surface area (Å²) >= 11 is 1.80. The molecule has 3 heteroatoms. The van der Waals surface area contributed by atoms with Crippen LogP contribution in [-0.4, -0.2) is 19.3 Å². The summed E-state index contributed by atoms with van der Waals surface area (Å²) < 4.78 is 0. The summed E-state index contributed by atoms with van der Waals surface area (Å²) in [5.41, 5.74) is 8.68. The zero-order valence-electron chi connectivity index (χ0n) is 12.2. The van der Waals surface area contributed by atoms with E-state index in [2.05, 4.69) is 36.3 Å². The van der Waals surface area contributed by atoms with Gasteiger partial charge in [0, 0.05) is 35.8 Å². The van der Waals surface area contributed by atoms with Crippen molar-refractivity contribution in [2.75, 3.05) is 24.2 Å². The monoisotopic (exact) mass is 278 g/mol. The molecule has 106 valence electrons. The Hall–Kier alpha value is -0.670. The SMILES string of the molecule is CCC1CCCN(c2cccc(SC)c2CN)CC1. The average Bonchev–Trinajstić information content (AvgIpc) is 2.71. The molecule has 1 saturated heterocycles. The van der Waals surface area contributed by atoms with E-state index in [1.165, 1.54) is 54.9 Å². The fourth-order valence-electron chi connectivity index (χ4n) is 3.06. The third-order valence-corrected chi connectivity index (χ3v) is 5.12. The maximum absolute atomic E-state index is 5.99. The van der Waals surface area contributed by atoms with Crippen molar-refractivity contribution in [3.05, 3.63) is 23.8 Å². The van der Waals surface area contributed by atoms with Crippen LogP contribution in [0.5, 0.6) is 0 Å². The van der Waals surface area contributed by atoms with Crippen LogP contribution >= 0.6 is 11.8 Å². The molecule has 2 rings (SSSR count). The molecule has 1 atom stereocenters. The summed E-state index contributed by atoms with van der Waals surface area (Å²) in [5, 5.41) is 0. The van der Waals surface area contributed by atoms with E-state index < -0.39 is 0 Å². The standard InChI is InChI=1S/C16H26N2S/c1-3-13-6-5-10-18(11-9-13)15-7-4-8-16(19-2)14(15)12-17/h4,7-8,13H,3,5-6,9-12,17H2,1-2H3. The Labute approximate surface area is 121 Å². The molecule has 1 aliphatic heterocycles. The van der Waals surface area contributed by atoms with Crippen molar-refractivity contribution in [2.45, 2.75) is 44.0 Å². The topological polar surface area (TPSA) is 29.3 Å². The quantitative estimate of drug-likeness (QED) is 0.847. The van der Waals surface area contributed by atoms with Crippen LogP contribution in [0.25, 0.3) is 0 Å². The van der Waals surface area contributed by atoms with Gasteiger partial charge in [-0.3, -0.25) is 0 Å². The number of benzene rings is 1. The van der Waals surface area contributed by atoms with Crippen LogP contribution in [0, 0.1) is 5.92 Å². The fraction of sp³-hybridized carbons (Fsp3) is 0.625. The summed E-state index contributed by atoms with van der Waals surface area (Å²) in [4.78, 5) is 3.88. The van der Waals surface area contributed by atoms with E-state index in [0.717, 1.165) is 5.92 Å². The Morgan fingerprint density at radius 1 is 1.32 bits per heavy atom. The van der Waals surface area contributed by atoms with Gasteiger partial charge in [0.1, 0.15) is 0 Å². The lowest BCUT2D eigenvalue weighted by Crippen LogP contribution is -2.26. The number of rotatable bonds is 4. The molecule has 0 aromatic heterocycles. The second-order valence-corrected chi connectivity index (χ2v) is 6.20. The molecule has 0 aliphatic carbocycles. The largest absolute Gasteiger partial charge is 0.371 e. The second-order valence-electron chi connectivity index (χ2n) is 5.35. The smallest absolute Gasteiger partial charge is 0.0423 e. The summed E-state index contributed by atoms with van der Waals surface area (Å²) in [5.74, 6) is 0.912. The van der Waals surface area contributed by atoms with Crippen molar-refractivity contribution in [2.24, 2.45) is 11.7 Å². The van der Waals surface area contributed by atoms with Gasteiger partial charge in [0.2, 0.25) is 0 Å². The third kappa shape index (κ3) is 3.46. The van der Waals surface area contributed by atoms with E-state index >= 15 is 0 Å². The lowest BCUT2D eigenvalue weighted by molar-refractivity contribution is 0.459. The van der Waals surface area contributed by atoms with Crippen molar-refractivity contribution in [3.63, 3.8) is 0 Å². The fourth-order valence-corrected chi connectivity index (χ4v) is 3.71. The summed E-state index contributed by atoms with van der Waals surface area (Å²) in [6.07, 6.45) is 7.47. The Kier molecular flexibility index (Phi) is 5.59. The van der Waals surface area contributed by atoms with Crippen molar-refractivity contribution >= 4 is 17.4 Å². The molecule has 1 aromatic carbocycles. The first-order chi connectivity index (χ1) is 9.30. The number of nitrogens with zero attached hydrogens (tertiary/aromatic N) is 1. The van der Waals surface area contributed by atoms with E-state index in [0.29, 0.717) is 6.54 Å². The Morgan fingerprint density at radius 3 is 2.84 bits per heavy atom. The second kappa shape index (κ2) is 7.20. The number of hydrogen-bond donors (Lipinski definition) is 1. The Bertz CT molecular complexity index is 406. The average molecular weight is 278 g/mol. The minimum Gasteiger partial charge on any atom is -0.371 e. The van der Waals surface area contributed by atoms with E-state index in [1.807, 2.05) is 0 Å². The zero-order valence-corrected chi connectivity index (χ0v) is 13.0. The first-order valence-electron chi connectivity index (χ1n) is 7.41. The van der Waals surface area contributed by atoms with Crippen LogP contribution in [-0.2, 0) is 6.54 Å². The zero-order chi connectivity index (χ0) is 13.7. The van der Waals surface area contributed by atoms with E-state index in [1.54, 1.807) is 11.8 Å². The molecule has 1 unspecified atom stereocenters. The van der Waals surface area contributed by atoms with Crippen LogP contribution in [0.3, 0.4) is 0 Å². The molecule has 0 spiro atoms. The maximum Gasteiger partial charge on any atom is 0.0423 e. The van der Waals surface area contributed by atoms with Gasteiger partial charge in [0.25, 0.3) is 0 Å². The molecule has 1 aliphatic rings. The van der Waals surface area contributed by atoms with Crippen LogP contribution in [0.2, 0.25) is 0 Å². The van der Waals surface area contributed by atoms with Gasteiger partial charge in [-0.25, -0.2) is 0 Å². The normalized spacial score (nSPS) is 20.4. The van der Waals surface area contributed by atoms with Gasteiger partial charge >= 0.3 is 0 Å². The van der Waals surface area contributed by atoms with E-state index in [-0.39, 0.29) is 0 Å². The number of anilines is 1. The molecular weight excluding hydrogens is 252 g/mol. The van der Waals surface area contributed by atoms with Gasteiger partial charge in [0.05, 0.1) is 0 Å². The predicted octanol–water partition coefficient (Wildman–Crippen LogP) is 3.88. The van der Waals surface area contributed by atoms with Gasteiger partial charge in [-0.1, -0.05) is 19.4 Å². The molecular formula is C16H26N2S. The minimum atomic E-state index is 0.639. The van der Waals surface area contributed by atoms with E-state index in [4.69, 9.17) is 5.73 Å². The lowest BCUT2D eigenvalue weighted by Gasteiger charge is -2.26. The van der Waals surface area contributed by atoms with Gasteiger partial charge in [0.15, 0.2) is 0 Å². The highest BCUT2D eigenvalue weighted by atomic mass is 32.2. The number of nitrogens with two attached hydrogens (primary N) is 1. The summed E-state index contributed by atoms with van der Waals surface area (Å²) in [7, 11) is 0. The molecule has 0 amide bonds.